The summed E-state index contributed by atoms with van der Waals surface area (Å²) in [6.45, 7) is 0. The SMILES string of the molecule is N#Cc1cc(F)ccc1Sc1cc(-c2cnn(-c3cn[nH]c3)c2)cn2ncc(C#N)c12. The first kappa shape index (κ1) is 18.6. The maximum absolute atomic E-state index is 13.6. The monoisotopic (exact) mass is 426 g/mol. The molecule has 4 heterocycles. The summed E-state index contributed by atoms with van der Waals surface area (Å²) in [4.78, 5) is 1.30. The van der Waals surface area contributed by atoms with Gasteiger partial charge in [-0.3, -0.25) is 5.10 Å². The number of hydrogen-bond donors (Lipinski definition) is 1. The van der Waals surface area contributed by atoms with E-state index in [1.165, 1.54) is 30.1 Å². The Labute approximate surface area is 179 Å². The predicted octanol–water partition coefficient (Wildman–Crippen LogP) is 3.94. The molecule has 0 saturated carbocycles. The lowest BCUT2D eigenvalue weighted by atomic mass is 10.1. The lowest BCUT2D eigenvalue weighted by molar-refractivity contribution is 0.626. The maximum Gasteiger partial charge on any atom is 0.124 e. The third kappa shape index (κ3) is 3.31. The van der Waals surface area contributed by atoms with Crippen LogP contribution in [-0.4, -0.2) is 29.6 Å². The Morgan fingerprint density at radius 2 is 1.81 bits per heavy atom. The lowest BCUT2D eigenvalue weighted by Gasteiger charge is -2.09. The molecule has 4 aromatic heterocycles. The smallest absolute Gasteiger partial charge is 0.124 e. The summed E-state index contributed by atoms with van der Waals surface area (Å²) in [5, 5.41) is 34.3. The molecule has 0 aliphatic carbocycles. The average Bonchev–Trinajstić information content (AvgIpc) is 3.54. The Kier molecular flexibility index (Phi) is 4.47. The van der Waals surface area contributed by atoms with E-state index in [2.05, 4.69) is 26.5 Å². The topological polar surface area (TPSA) is 111 Å². The molecule has 0 bridgehead atoms. The van der Waals surface area contributed by atoms with Crippen molar-refractivity contribution in [3.8, 4) is 29.0 Å². The largest absolute Gasteiger partial charge is 0.283 e. The Hall–Kier alpha value is -4.41. The van der Waals surface area contributed by atoms with Crippen LogP contribution >= 0.6 is 11.8 Å². The first-order valence-corrected chi connectivity index (χ1v) is 9.81. The van der Waals surface area contributed by atoms with Gasteiger partial charge in [0.1, 0.15) is 23.6 Å². The standard InChI is InChI=1S/C21H11FN8S/c22-17-1-2-19(13(3-17)5-23)31-20-4-14(11-30-21(20)15(6-24)7-28-30)16-8-27-29(12-16)18-9-25-26-10-18/h1-4,7-12H,(H,25,26). The zero-order valence-corrected chi connectivity index (χ0v) is 16.5. The van der Waals surface area contributed by atoms with Gasteiger partial charge in [0.05, 0.1) is 35.2 Å². The van der Waals surface area contributed by atoms with Crippen molar-refractivity contribution in [2.45, 2.75) is 9.79 Å². The minimum Gasteiger partial charge on any atom is -0.283 e. The van der Waals surface area contributed by atoms with Crippen molar-refractivity contribution >= 4 is 17.3 Å². The fourth-order valence-electron chi connectivity index (χ4n) is 3.18. The van der Waals surface area contributed by atoms with Crippen molar-refractivity contribution in [2.24, 2.45) is 0 Å². The third-order valence-electron chi connectivity index (χ3n) is 4.64. The molecule has 31 heavy (non-hydrogen) atoms. The molecule has 5 rings (SSSR count). The molecule has 5 aromatic rings. The van der Waals surface area contributed by atoms with Gasteiger partial charge in [0.2, 0.25) is 0 Å². The second-order valence-electron chi connectivity index (χ2n) is 6.54. The molecular formula is C21H11FN8S. The molecule has 10 heteroatoms. The number of nitrogens with zero attached hydrogens (tertiary/aromatic N) is 7. The van der Waals surface area contributed by atoms with Crippen LogP contribution in [0.3, 0.4) is 0 Å². The summed E-state index contributed by atoms with van der Waals surface area (Å²) < 4.78 is 16.9. The molecule has 0 radical (unpaired) electrons. The van der Waals surface area contributed by atoms with Crippen molar-refractivity contribution in [2.75, 3.05) is 0 Å². The number of nitrogens with one attached hydrogen (secondary N) is 1. The molecule has 0 aliphatic rings. The van der Waals surface area contributed by atoms with Gasteiger partial charge in [-0.15, -0.1) is 0 Å². The minimum absolute atomic E-state index is 0.222. The van der Waals surface area contributed by atoms with E-state index in [1.54, 1.807) is 33.9 Å². The van der Waals surface area contributed by atoms with Gasteiger partial charge < -0.3 is 0 Å². The second-order valence-corrected chi connectivity index (χ2v) is 7.62. The third-order valence-corrected chi connectivity index (χ3v) is 5.75. The van der Waals surface area contributed by atoms with Crippen molar-refractivity contribution in [1.82, 2.24) is 29.6 Å². The van der Waals surface area contributed by atoms with Gasteiger partial charge in [0.15, 0.2) is 0 Å². The van der Waals surface area contributed by atoms with E-state index in [0.717, 1.165) is 16.8 Å². The van der Waals surface area contributed by atoms with Gasteiger partial charge in [0.25, 0.3) is 0 Å². The van der Waals surface area contributed by atoms with Gasteiger partial charge in [-0.05, 0) is 24.3 Å². The fraction of sp³-hybridized carbons (Fsp3) is 0. The highest BCUT2D eigenvalue weighted by Crippen LogP contribution is 2.37. The molecule has 0 amide bonds. The summed E-state index contributed by atoms with van der Waals surface area (Å²) in [6.07, 6.45) is 10.3. The van der Waals surface area contributed by atoms with E-state index in [9.17, 15) is 14.9 Å². The van der Waals surface area contributed by atoms with E-state index >= 15 is 0 Å². The molecule has 0 saturated heterocycles. The van der Waals surface area contributed by atoms with Gasteiger partial charge in [-0.25, -0.2) is 13.6 Å². The Balaban J connectivity index is 1.65. The van der Waals surface area contributed by atoms with E-state index in [-0.39, 0.29) is 5.56 Å². The Morgan fingerprint density at radius 1 is 0.935 bits per heavy atom. The molecule has 148 valence electrons. The van der Waals surface area contributed by atoms with Crippen LogP contribution in [0.25, 0.3) is 22.3 Å². The molecule has 0 aliphatic heterocycles. The molecule has 0 spiro atoms. The first-order chi connectivity index (χ1) is 15.2. The average molecular weight is 426 g/mol. The van der Waals surface area contributed by atoms with Gasteiger partial charge in [0, 0.05) is 39.5 Å². The molecule has 0 unspecified atom stereocenters. The van der Waals surface area contributed by atoms with Crippen molar-refractivity contribution in [3.05, 3.63) is 78.4 Å². The Morgan fingerprint density at radius 3 is 2.58 bits per heavy atom. The highest BCUT2D eigenvalue weighted by atomic mass is 32.2. The van der Waals surface area contributed by atoms with E-state index < -0.39 is 5.82 Å². The molecule has 8 nitrogen and oxygen atoms in total. The van der Waals surface area contributed by atoms with Crippen molar-refractivity contribution < 1.29 is 4.39 Å². The second kappa shape index (κ2) is 7.44. The Bertz CT molecular complexity index is 1500. The van der Waals surface area contributed by atoms with Crippen LogP contribution in [0, 0.1) is 28.5 Å². The number of rotatable bonds is 4. The van der Waals surface area contributed by atoms with Crippen LogP contribution in [0.2, 0.25) is 0 Å². The number of pyridine rings is 1. The molecule has 1 aromatic carbocycles. The number of halogens is 1. The minimum atomic E-state index is -0.478. The van der Waals surface area contributed by atoms with Crippen molar-refractivity contribution in [3.63, 3.8) is 0 Å². The summed E-state index contributed by atoms with van der Waals surface area (Å²) in [5.41, 5.74) is 3.68. The van der Waals surface area contributed by atoms with Crippen LogP contribution in [0.15, 0.2) is 71.2 Å². The zero-order valence-electron chi connectivity index (χ0n) is 15.7. The van der Waals surface area contributed by atoms with E-state index in [4.69, 9.17) is 0 Å². The van der Waals surface area contributed by atoms with Crippen LogP contribution in [0.4, 0.5) is 4.39 Å². The highest BCUT2D eigenvalue weighted by molar-refractivity contribution is 7.99. The van der Waals surface area contributed by atoms with Crippen LogP contribution in [-0.2, 0) is 0 Å². The maximum atomic E-state index is 13.6. The number of hydrogen-bond acceptors (Lipinski definition) is 6. The number of aromatic amines is 1. The normalized spacial score (nSPS) is 10.8. The number of nitriles is 2. The van der Waals surface area contributed by atoms with Crippen LogP contribution in [0.5, 0.6) is 0 Å². The fourth-order valence-corrected chi connectivity index (χ4v) is 4.25. The van der Waals surface area contributed by atoms with Gasteiger partial charge in [-0.1, -0.05) is 11.8 Å². The quantitative estimate of drug-likeness (QED) is 0.466. The summed E-state index contributed by atoms with van der Waals surface area (Å²) in [6, 6.07) is 10.1. The zero-order chi connectivity index (χ0) is 21.4. The van der Waals surface area contributed by atoms with Gasteiger partial charge in [-0.2, -0.15) is 25.8 Å². The molecule has 0 fully saturated rings. The summed E-state index contributed by atoms with van der Waals surface area (Å²) in [5.74, 6) is -0.478. The number of benzene rings is 1. The van der Waals surface area contributed by atoms with Crippen LogP contribution in [0.1, 0.15) is 11.1 Å². The summed E-state index contributed by atoms with van der Waals surface area (Å²) in [7, 11) is 0. The number of H-pyrrole nitrogens is 1. The van der Waals surface area contributed by atoms with E-state index in [0.29, 0.717) is 20.9 Å². The molecular weight excluding hydrogens is 415 g/mol. The lowest BCUT2D eigenvalue weighted by Crippen LogP contribution is -1.93. The molecule has 0 atom stereocenters. The van der Waals surface area contributed by atoms with Crippen LogP contribution < -0.4 is 0 Å². The highest BCUT2D eigenvalue weighted by Gasteiger charge is 2.16. The van der Waals surface area contributed by atoms with Gasteiger partial charge >= 0.3 is 0 Å². The number of aromatic nitrogens is 6. The van der Waals surface area contributed by atoms with E-state index in [1.807, 2.05) is 24.5 Å². The van der Waals surface area contributed by atoms with Crippen molar-refractivity contribution in [1.29, 1.82) is 10.5 Å². The summed E-state index contributed by atoms with van der Waals surface area (Å²) >= 11 is 1.28. The first-order valence-electron chi connectivity index (χ1n) is 8.99. The number of fused-ring (bicyclic) bond motifs is 1. The predicted molar refractivity (Wildman–Crippen MR) is 110 cm³/mol. The molecule has 1 N–H and O–H groups in total.